The molecule has 4 aromatic rings. The summed E-state index contributed by atoms with van der Waals surface area (Å²) in [4.78, 5) is 17.3. The summed E-state index contributed by atoms with van der Waals surface area (Å²) in [6.45, 7) is 0.364. The Balaban J connectivity index is 1.48. The van der Waals surface area contributed by atoms with Crippen LogP contribution in [0.2, 0.25) is 0 Å². The standard InChI is InChI=1S/C26H25N3O3/c1-29-17-16-27-24(29)18-32-23-14-10-21(11-15-23)26(30)28-25(19-6-4-3-5-7-19)20-8-12-22(31-2)13-9-20/h3-17,25H,18H2,1-2H3,(H,28,30). The lowest BCUT2D eigenvalue weighted by Crippen LogP contribution is -2.29. The molecule has 162 valence electrons. The molecule has 0 spiro atoms. The van der Waals surface area contributed by atoms with Gasteiger partial charge in [0.2, 0.25) is 0 Å². The largest absolute Gasteiger partial charge is 0.497 e. The number of hydrogen-bond donors (Lipinski definition) is 1. The summed E-state index contributed by atoms with van der Waals surface area (Å²) in [5.74, 6) is 2.12. The highest BCUT2D eigenvalue weighted by molar-refractivity contribution is 5.94. The Labute approximate surface area is 187 Å². The van der Waals surface area contributed by atoms with Gasteiger partial charge < -0.3 is 19.4 Å². The van der Waals surface area contributed by atoms with E-state index < -0.39 is 0 Å². The molecule has 0 aliphatic rings. The molecule has 6 heteroatoms. The van der Waals surface area contributed by atoms with Crippen molar-refractivity contribution < 1.29 is 14.3 Å². The zero-order valence-corrected chi connectivity index (χ0v) is 18.1. The Hall–Kier alpha value is -4.06. The highest BCUT2D eigenvalue weighted by Gasteiger charge is 2.18. The maximum absolute atomic E-state index is 13.0. The number of carbonyl (C=O) groups is 1. The number of benzene rings is 3. The lowest BCUT2D eigenvalue weighted by molar-refractivity contribution is 0.0943. The molecule has 0 saturated carbocycles. The van der Waals surface area contributed by atoms with Gasteiger partial charge in [0.05, 0.1) is 13.2 Å². The number of rotatable bonds is 8. The van der Waals surface area contributed by atoms with Gasteiger partial charge in [-0.1, -0.05) is 42.5 Å². The fourth-order valence-electron chi connectivity index (χ4n) is 3.40. The van der Waals surface area contributed by atoms with Crippen LogP contribution in [-0.4, -0.2) is 22.6 Å². The molecule has 3 aromatic carbocycles. The predicted octanol–water partition coefficient (Wildman–Crippen LogP) is 4.53. The van der Waals surface area contributed by atoms with E-state index in [0.717, 1.165) is 22.7 Å². The van der Waals surface area contributed by atoms with E-state index >= 15 is 0 Å². The van der Waals surface area contributed by atoms with Gasteiger partial charge in [-0.2, -0.15) is 0 Å². The molecule has 4 rings (SSSR count). The number of nitrogens with one attached hydrogen (secondary N) is 1. The van der Waals surface area contributed by atoms with Gasteiger partial charge in [0.15, 0.2) is 0 Å². The zero-order valence-electron chi connectivity index (χ0n) is 18.1. The molecule has 0 fully saturated rings. The summed E-state index contributed by atoms with van der Waals surface area (Å²) in [5.41, 5.74) is 2.53. The number of amides is 1. The van der Waals surface area contributed by atoms with Crippen LogP contribution in [0.25, 0.3) is 0 Å². The van der Waals surface area contributed by atoms with Gasteiger partial charge >= 0.3 is 0 Å². The van der Waals surface area contributed by atoms with Gasteiger partial charge in [0.1, 0.15) is 23.9 Å². The van der Waals surface area contributed by atoms with Crippen molar-refractivity contribution in [2.45, 2.75) is 12.6 Å². The smallest absolute Gasteiger partial charge is 0.252 e. The number of carbonyl (C=O) groups excluding carboxylic acids is 1. The molecule has 0 radical (unpaired) electrons. The molecule has 0 aliphatic heterocycles. The van der Waals surface area contributed by atoms with E-state index in [1.165, 1.54) is 0 Å². The SMILES string of the molecule is COc1ccc(C(NC(=O)c2ccc(OCc3nccn3C)cc2)c2ccccc2)cc1. The first kappa shape index (κ1) is 21.2. The van der Waals surface area contributed by atoms with Crippen molar-refractivity contribution in [2.75, 3.05) is 7.11 Å². The molecular weight excluding hydrogens is 402 g/mol. The van der Waals surface area contributed by atoms with Crippen molar-refractivity contribution in [1.82, 2.24) is 14.9 Å². The molecule has 6 nitrogen and oxygen atoms in total. The minimum Gasteiger partial charge on any atom is -0.497 e. The van der Waals surface area contributed by atoms with Crippen molar-refractivity contribution in [3.63, 3.8) is 0 Å². The zero-order chi connectivity index (χ0) is 22.3. The van der Waals surface area contributed by atoms with Crippen molar-refractivity contribution in [2.24, 2.45) is 7.05 Å². The number of aryl methyl sites for hydroxylation is 1. The molecule has 1 atom stereocenters. The van der Waals surface area contributed by atoms with Crippen LogP contribution in [0.15, 0.2) is 91.3 Å². The number of ether oxygens (including phenoxy) is 2. The minimum absolute atomic E-state index is 0.162. The fourth-order valence-corrected chi connectivity index (χ4v) is 3.40. The van der Waals surface area contributed by atoms with Crippen molar-refractivity contribution >= 4 is 5.91 Å². The van der Waals surface area contributed by atoms with Crippen LogP contribution in [0.1, 0.15) is 33.4 Å². The van der Waals surface area contributed by atoms with Gasteiger partial charge in [0.25, 0.3) is 5.91 Å². The van der Waals surface area contributed by atoms with E-state index in [2.05, 4.69) is 10.3 Å². The summed E-state index contributed by atoms with van der Waals surface area (Å²) in [6.07, 6.45) is 3.61. The van der Waals surface area contributed by atoms with E-state index in [1.807, 2.05) is 72.4 Å². The first-order valence-electron chi connectivity index (χ1n) is 10.3. The Morgan fingerprint density at radius 2 is 1.59 bits per heavy atom. The molecule has 32 heavy (non-hydrogen) atoms. The Kier molecular flexibility index (Phi) is 6.51. The number of nitrogens with zero attached hydrogens (tertiary/aromatic N) is 2. The number of hydrogen-bond acceptors (Lipinski definition) is 4. The topological polar surface area (TPSA) is 65.4 Å². The Morgan fingerprint density at radius 3 is 2.22 bits per heavy atom. The second-order valence-electron chi connectivity index (χ2n) is 7.36. The lowest BCUT2D eigenvalue weighted by atomic mass is 9.98. The van der Waals surface area contributed by atoms with Gasteiger partial charge in [-0.25, -0.2) is 4.98 Å². The van der Waals surface area contributed by atoms with Gasteiger partial charge in [0, 0.05) is 25.0 Å². The first-order chi connectivity index (χ1) is 15.6. The number of imidazole rings is 1. The summed E-state index contributed by atoms with van der Waals surface area (Å²) in [5, 5.41) is 3.15. The van der Waals surface area contributed by atoms with E-state index in [4.69, 9.17) is 9.47 Å². The Morgan fingerprint density at radius 1 is 0.938 bits per heavy atom. The van der Waals surface area contributed by atoms with Gasteiger partial charge in [-0.15, -0.1) is 0 Å². The summed E-state index contributed by atoms with van der Waals surface area (Å²) in [6, 6.07) is 24.4. The van der Waals surface area contributed by atoms with Crippen LogP contribution in [-0.2, 0) is 13.7 Å². The predicted molar refractivity (Wildman–Crippen MR) is 123 cm³/mol. The molecule has 1 unspecified atom stereocenters. The van der Waals surface area contributed by atoms with Gasteiger partial charge in [-0.05, 0) is 47.5 Å². The maximum atomic E-state index is 13.0. The molecular formula is C26H25N3O3. The average molecular weight is 428 g/mol. The minimum atomic E-state index is -0.283. The van der Waals surface area contributed by atoms with Crippen LogP contribution in [0, 0.1) is 0 Å². The molecule has 1 aromatic heterocycles. The molecule has 0 saturated heterocycles. The van der Waals surface area contributed by atoms with E-state index in [9.17, 15) is 4.79 Å². The molecule has 0 bridgehead atoms. The van der Waals surface area contributed by atoms with Crippen LogP contribution in [0.4, 0.5) is 0 Å². The van der Waals surface area contributed by atoms with Crippen molar-refractivity contribution in [3.05, 3.63) is 114 Å². The second kappa shape index (κ2) is 9.83. The van der Waals surface area contributed by atoms with E-state index in [1.54, 1.807) is 37.6 Å². The third kappa shape index (κ3) is 4.98. The highest BCUT2D eigenvalue weighted by Crippen LogP contribution is 2.25. The average Bonchev–Trinajstić information content (AvgIpc) is 3.26. The van der Waals surface area contributed by atoms with Gasteiger partial charge in [-0.3, -0.25) is 4.79 Å². The third-order valence-corrected chi connectivity index (χ3v) is 5.26. The molecule has 1 amide bonds. The Bertz CT molecular complexity index is 1150. The van der Waals surface area contributed by atoms with E-state index in [-0.39, 0.29) is 11.9 Å². The quantitative estimate of drug-likeness (QED) is 0.449. The van der Waals surface area contributed by atoms with Crippen LogP contribution < -0.4 is 14.8 Å². The molecule has 1 N–H and O–H groups in total. The van der Waals surface area contributed by atoms with Crippen molar-refractivity contribution in [1.29, 1.82) is 0 Å². The summed E-state index contributed by atoms with van der Waals surface area (Å²) < 4.78 is 12.9. The van der Waals surface area contributed by atoms with Crippen LogP contribution in [0.5, 0.6) is 11.5 Å². The third-order valence-electron chi connectivity index (χ3n) is 5.26. The highest BCUT2D eigenvalue weighted by atomic mass is 16.5. The van der Waals surface area contributed by atoms with Crippen molar-refractivity contribution in [3.8, 4) is 11.5 Å². The monoisotopic (exact) mass is 427 g/mol. The maximum Gasteiger partial charge on any atom is 0.252 e. The normalized spacial score (nSPS) is 11.6. The molecule has 1 heterocycles. The second-order valence-corrected chi connectivity index (χ2v) is 7.36. The fraction of sp³-hybridized carbons (Fsp3) is 0.154. The summed E-state index contributed by atoms with van der Waals surface area (Å²) in [7, 11) is 3.56. The van der Waals surface area contributed by atoms with E-state index in [0.29, 0.717) is 17.9 Å². The number of aromatic nitrogens is 2. The number of methoxy groups -OCH3 is 1. The van der Waals surface area contributed by atoms with Crippen LogP contribution in [0.3, 0.4) is 0 Å². The summed E-state index contributed by atoms with van der Waals surface area (Å²) >= 11 is 0. The molecule has 0 aliphatic carbocycles. The van der Waals surface area contributed by atoms with Crippen LogP contribution >= 0.6 is 0 Å². The first-order valence-corrected chi connectivity index (χ1v) is 10.3. The lowest BCUT2D eigenvalue weighted by Gasteiger charge is -2.20.